The van der Waals surface area contributed by atoms with Crippen molar-refractivity contribution in [2.45, 2.75) is 56.7 Å². The first-order valence-electron chi connectivity index (χ1n) is 7.86. The van der Waals surface area contributed by atoms with E-state index in [0.29, 0.717) is 18.1 Å². The normalized spacial score (nSPS) is 29.7. The molecule has 1 unspecified atom stereocenters. The second kappa shape index (κ2) is 5.82. The van der Waals surface area contributed by atoms with Crippen molar-refractivity contribution in [2.75, 3.05) is 14.1 Å². The molecule has 1 N–H and O–H groups in total. The van der Waals surface area contributed by atoms with E-state index in [-0.39, 0.29) is 5.82 Å². The van der Waals surface area contributed by atoms with E-state index in [4.69, 9.17) is 0 Å². The van der Waals surface area contributed by atoms with Crippen molar-refractivity contribution in [1.29, 1.82) is 0 Å². The lowest BCUT2D eigenvalue weighted by molar-refractivity contribution is 0.127. The fraction of sp³-hybridized carbons (Fsp3) is 0.647. The van der Waals surface area contributed by atoms with Crippen LogP contribution in [-0.4, -0.2) is 31.1 Å². The number of nitrogens with zero attached hydrogens (tertiary/aromatic N) is 1. The summed E-state index contributed by atoms with van der Waals surface area (Å²) < 4.78 is 13.3. The van der Waals surface area contributed by atoms with Gasteiger partial charge in [0, 0.05) is 18.1 Å². The van der Waals surface area contributed by atoms with Gasteiger partial charge in [-0.3, -0.25) is 4.90 Å². The van der Waals surface area contributed by atoms with Crippen LogP contribution in [0.1, 0.15) is 49.3 Å². The first-order chi connectivity index (χ1) is 9.69. The molecule has 1 fully saturated rings. The third-order valence-corrected chi connectivity index (χ3v) is 5.32. The summed E-state index contributed by atoms with van der Waals surface area (Å²) >= 11 is 0. The number of hydrogen-bond donors (Lipinski definition) is 1. The Morgan fingerprint density at radius 3 is 2.60 bits per heavy atom. The zero-order chi connectivity index (χ0) is 14.1. The number of halogens is 1. The average Bonchev–Trinajstić information content (AvgIpc) is 2.89. The summed E-state index contributed by atoms with van der Waals surface area (Å²) in [6.45, 7) is 0. The van der Waals surface area contributed by atoms with E-state index in [1.165, 1.54) is 36.8 Å². The minimum Gasteiger partial charge on any atom is -0.317 e. The molecule has 0 spiro atoms. The van der Waals surface area contributed by atoms with Crippen molar-refractivity contribution in [3.8, 4) is 0 Å². The molecule has 0 aliphatic heterocycles. The first kappa shape index (κ1) is 14.0. The maximum Gasteiger partial charge on any atom is 0.123 e. The van der Waals surface area contributed by atoms with Crippen molar-refractivity contribution in [2.24, 2.45) is 0 Å². The van der Waals surface area contributed by atoms with Crippen molar-refractivity contribution >= 4 is 0 Å². The lowest BCUT2D eigenvalue weighted by atomic mass is 9.89. The van der Waals surface area contributed by atoms with Crippen molar-refractivity contribution < 1.29 is 4.39 Å². The zero-order valence-corrected chi connectivity index (χ0v) is 12.5. The highest BCUT2D eigenvalue weighted by Crippen LogP contribution is 2.38. The largest absolute Gasteiger partial charge is 0.317 e. The fourth-order valence-corrected chi connectivity index (χ4v) is 4.01. The van der Waals surface area contributed by atoms with Crippen LogP contribution >= 0.6 is 0 Å². The molecule has 3 rings (SSSR count). The summed E-state index contributed by atoms with van der Waals surface area (Å²) in [5.41, 5.74) is 2.57. The summed E-state index contributed by atoms with van der Waals surface area (Å²) in [7, 11) is 4.32. The highest BCUT2D eigenvalue weighted by Gasteiger charge is 2.32. The molecular weight excluding hydrogens is 251 g/mol. The van der Waals surface area contributed by atoms with Crippen LogP contribution in [0, 0.1) is 5.82 Å². The van der Waals surface area contributed by atoms with Gasteiger partial charge >= 0.3 is 0 Å². The van der Waals surface area contributed by atoms with Crippen LogP contribution in [0.4, 0.5) is 4.39 Å². The number of aryl methyl sites for hydroxylation is 1. The van der Waals surface area contributed by atoms with Gasteiger partial charge in [0.05, 0.1) is 0 Å². The lowest BCUT2D eigenvalue weighted by Gasteiger charge is -2.38. The molecule has 3 heteroatoms. The third kappa shape index (κ3) is 2.61. The summed E-state index contributed by atoms with van der Waals surface area (Å²) in [6.07, 6.45) is 7.25. The molecule has 0 aromatic heterocycles. The molecule has 0 amide bonds. The number of fused-ring (bicyclic) bond motifs is 1. The molecule has 2 nitrogen and oxygen atoms in total. The maximum absolute atomic E-state index is 13.3. The Balaban J connectivity index is 1.69. The summed E-state index contributed by atoms with van der Waals surface area (Å²) in [4.78, 5) is 2.55. The van der Waals surface area contributed by atoms with E-state index in [2.05, 4.69) is 24.3 Å². The number of benzene rings is 1. The predicted molar refractivity (Wildman–Crippen MR) is 80.3 cm³/mol. The molecule has 1 aromatic rings. The van der Waals surface area contributed by atoms with Gasteiger partial charge in [0.2, 0.25) is 0 Å². The van der Waals surface area contributed by atoms with Crippen LogP contribution in [0.3, 0.4) is 0 Å². The molecule has 1 aromatic carbocycles. The fourth-order valence-electron chi connectivity index (χ4n) is 4.01. The van der Waals surface area contributed by atoms with Gasteiger partial charge in [0.25, 0.3) is 0 Å². The van der Waals surface area contributed by atoms with Crippen molar-refractivity contribution in [1.82, 2.24) is 10.2 Å². The Bertz CT molecular complexity index is 466. The molecular formula is C17H25FN2. The van der Waals surface area contributed by atoms with E-state index >= 15 is 0 Å². The second-order valence-corrected chi connectivity index (χ2v) is 6.36. The van der Waals surface area contributed by atoms with Crippen molar-refractivity contribution in [3.05, 3.63) is 35.1 Å². The number of rotatable bonds is 3. The Morgan fingerprint density at radius 1 is 1.15 bits per heavy atom. The standard InChI is InChI=1S/C17H25FN2/c1-19-14-5-7-15(8-6-14)20(2)17-10-3-12-11-13(18)4-9-16(12)17/h4,9,11,14-15,17,19H,3,5-8,10H2,1-2H3. The summed E-state index contributed by atoms with van der Waals surface area (Å²) in [6, 6.07) is 7.20. The zero-order valence-electron chi connectivity index (χ0n) is 12.5. The minimum atomic E-state index is -0.0958. The number of hydrogen-bond acceptors (Lipinski definition) is 2. The topological polar surface area (TPSA) is 15.3 Å². The Hall–Kier alpha value is -0.930. The SMILES string of the molecule is CNC1CCC(N(C)C2CCc3cc(F)ccc32)CC1. The molecule has 1 saturated carbocycles. The van der Waals surface area contributed by atoms with Gasteiger partial charge in [0.15, 0.2) is 0 Å². The summed E-state index contributed by atoms with van der Waals surface area (Å²) in [5, 5.41) is 3.39. The Labute approximate surface area is 121 Å². The quantitative estimate of drug-likeness (QED) is 0.911. The Kier molecular flexibility index (Phi) is 4.08. The van der Waals surface area contributed by atoms with Gasteiger partial charge in [-0.2, -0.15) is 0 Å². The second-order valence-electron chi connectivity index (χ2n) is 6.36. The molecule has 20 heavy (non-hydrogen) atoms. The van der Waals surface area contributed by atoms with E-state index in [9.17, 15) is 4.39 Å². The molecule has 0 heterocycles. The monoisotopic (exact) mass is 276 g/mol. The highest BCUT2D eigenvalue weighted by molar-refractivity contribution is 5.35. The van der Waals surface area contributed by atoms with E-state index < -0.39 is 0 Å². The lowest BCUT2D eigenvalue weighted by Crippen LogP contribution is -2.41. The van der Waals surface area contributed by atoms with Crippen molar-refractivity contribution in [3.63, 3.8) is 0 Å². The van der Waals surface area contributed by atoms with Gasteiger partial charge in [0.1, 0.15) is 5.82 Å². The van der Waals surface area contributed by atoms with E-state index in [0.717, 1.165) is 12.8 Å². The number of nitrogens with one attached hydrogen (secondary N) is 1. The molecule has 1 atom stereocenters. The van der Waals surface area contributed by atoms with Crippen LogP contribution < -0.4 is 5.32 Å². The third-order valence-electron chi connectivity index (χ3n) is 5.32. The van der Waals surface area contributed by atoms with Crippen LogP contribution in [0.2, 0.25) is 0 Å². The Morgan fingerprint density at radius 2 is 1.90 bits per heavy atom. The van der Waals surface area contributed by atoms with Gasteiger partial charge in [-0.15, -0.1) is 0 Å². The maximum atomic E-state index is 13.3. The molecule has 0 radical (unpaired) electrons. The van der Waals surface area contributed by atoms with Gasteiger partial charge < -0.3 is 5.32 Å². The van der Waals surface area contributed by atoms with E-state index in [1.54, 1.807) is 12.1 Å². The van der Waals surface area contributed by atoms with Crippen LogP contribution in [0.15, 0.2) is 18.2 Å². The molecule has 110 valence electrons. The first-order valence-corrected chi connectivity index (χ1v) is 7.86. The molecule has 2 aliphatic carbocycles. The van der Waals surface area contributed by atoms with Crippen LogP contribution in [-0.2, 0) is 6.42 Å². The molecule has 0 saturated heterocycles. The average molecular weight is 276 g/mol. The molecule has 2 aliphatic rings. The molecule has 0 bridgehead atoms. The van der Waals surface area contributed by atoms with Gasteiger partial charge in [-0.1, -0.05) is 6.07 Å². The smallest absolute Gasteiger partial charge is 0.123 e. The van der Waals surface area contributed by atoms with E-state index in [1.807, 2.05) is 6.07 Å². The predicted octanol–water partition coefficient (Wildman–Crippen LogP) is 3.28. The van der Waals surface area contributed by atoms with Gasteiger partial charge in [-0.05, 0) is 75.9 Å². The van der Waals surface area contributed by atoms with Crippen LogP contribution in [0.25, 0.3) is 0 Å². The van der Waals surface area contributed by atoms with Gasteiger partial charge in [-0.25, -0.2) is 4.39 Å². The minimum absolute atomic E-state index is 0.0958. The van der Waals surface area contributed by atoms with Crippen LogP contribution in [0.5, 0.6) is 0 Å². The highest BCUT2D eigenvalue weighted by atomic mass is 19.1. The summed E-state index contributed by atoms with van der Waals surface area (Å²) in [5.74, 6) is -0.0958.